The Morgan fingerprint density at radius 1 is 1.04 bits per heavy atom. The number of benzene rings is 2. The monoisotopic (exact) mass is 337 g/mol. The Morgan fingerprint density at radius 3 is 2.50 bits per heavy atom. The lowest BCUT2D eigenvalue weighted by Crippen LogP contribution is -2.10. The summed E-state index contributed by atoms with van der Waals surface area (Å²) in [5.41, 5.74) is 7.35. The summed E-state index contributed by atoms with van der Waals surface area (Å²) in [4.78, 5) is 4.33. The Labute approximate surface area is 147 Å². The first-order valence-electron chi connectivity index (χ1n) is 7.87. The van der Waals surface area contributed by atoms with Crippen LogP contribution in [0, 0.1) is 0 Å². The van der Waals surface area contributed by atoms with E-state index in [-0.39, 0.29) is 5.41 Å². The molecule has 0 fully saturated rings. The van der Waals surface area contributed by atoms with Crippen LogP contribution in [-0.2, 0) is 5.41 Å². The summed E-state index contributed by atoms with van der Waals surface area (Å²) < 4.78 is 0. The molecule has 0 saturated heterocycles. The molecule has 1 aromatic heterocycles. The third kappa shape index (κ3) is 3.74. The summed E-state index contributed by atoms with van der Waals surface area (Å²) in [5, 5.41) is 6.00. The quantitative estimate of drug-likeness (QED) is 0.496. The van der Waals surface area contributed by atoms with Crippen molar-refractivity contribution in [2.24, 2.45) is 5.10 Å². The molecular formula is C20H20ClN3. The Morgan fingerprint density at radius 2 is 1.79 bits per heavy atom. The van der Waals surface area contributed by atoms with Crippen molar-refractivity contribution in [2.75, 3.05) is 5.43 Å². The molecule has 0 saturated carbocycles. The van der Waals surface area contributed by atoms with Crippen LogP contribution in [0.15, 0.2) is 59.8 Å². The summed E-state index contributed by atoms with van der Waals surface area (Å²) in [6.45, 7) is 6.62. The number of anilines is 1. The molecule has 24 heavy (non-hydrogen) atoms. The summed E-state index contributed by atoms with van der Waals surface area (Å²) >= 11 is 6.01. The zero-order chi connectivity index (χ0) is 17.2. The van der Waals surface area contributed by atoms with Gasteiger partial charge in [-0.05, 0) is 40.8 Å². The first kappa shape index (κ1) is 16.5. The van der Waals surface area contributed by atoms with Crippen molar-refractivity contribution in [1.29, 1.82) is 0 Å². The zero-order valence-corrected chi connectivity index (χ0v) is 14.8. The van der Waals surface area contributed by atoms with Crippen LogP contribution in [0.5, 0.6) is 0 Å². The number of pyridine rings is 1. The van der Waals surface area contributed by atoms with E-state index < -0.39 is 0 Å². The molecule has 1 N–H and O–H groups in total. The molecule has 0 amide bonds. The number of fused-ring (bicyclic) bond motifs is 1. The molecule has 1 heterocycles. The fourth-order valence-electron chi connectivity index (χ4n) is 2.46. The predicted octanol–water partition coefficient (Wildman–Crippen LogP) is 5.63. The molecule has 3 nitrogen and oxygen atoms in total. The topological polar surface area (TPSA) is 37.3 Å². The molecule has 3 rings (SSSR count). The maximum Gasteiger partial charge on any atom is 0.0738 e. The number of hydrogen-bond acceptors (Lipinski definition) is 3. The molecule has 4 heteroatoms. The van der Waals surface area contributed by atoms with Crippen LogP contribution in [-0.4, -0.2) is 11.2 Å². The Bertz CT molecular complexity index is 878. The van der Waals surface area contributed by atoms with E-state index in [4.69, 9.17) is 11.6 Å². The Balaban J connectivity index is 1.77. The number of nitrogens with zero attached hydrogens (tertiary/aromatic N) is 2. The molecule has 122 valence electrons. The minimum Gasteiger partial charge on any atom is -0.278 e. The Kier molecular flexibility index (Phi) is 4.54. The lowest BCUT2D eigenvalue weighted by Gasteiger charge is -2.18. The highest BCUT2D eigenvalue weighted by Crippen LogP contribution is 2.24. The van der Waals surface area contributed by atoms with Crippen LogP contribution in [0.25, 0.3) is 10.9 Å². The number of hydrazone groups is 1. The minimum atomic E-state index is 0.158. The van der Waals surface area contributed by atoms with Gasteiger partial charge in [0.25, 0.3) is 0 Å². The molecule has 0 spiro atoms. The fraction of sp³-hybridized carbons (Fsp3) is 0.200. The van der Waals surface area contributed by atoms with Crippen molar-refractivity contribution >= 4 is 34.4 Å². The van der Waals surface area contributed by atoms with Gasteiger partial charge in [0.2, 0.25) is 0 Å². The van der Waals surface area contributed by atoms with Crippen molar-refractivity contribution in [3.8, 4) is 0 Å². The van der Waals surface area contributed by atoms with E-state index >= 15 is 0 Å². The maximum atomic E-state index is 6.01. The summed E-state index contributed by atoms with van der Waals surface area (Å²) in [6, 6.07) is 16.0. The Hall–Kier alpha value is -2.39. The van der Waals surface area contributed by atoms with E-state index in [9.17, 15) is 0 Å². The van der Waals surface area contributed by atoms with Gasteiger partial charge in [-0.3, -0.25) is 10.4 Å². The first-order chi connectivity index (χ1) is 11.4. The van der Waals surface area contributed by atoms with Crippen molar-refractivity contribution in [1.82, 2.24) is 4.98 Å². The van der Waals surface area contributed by atoms with Crippen LogP contribution >= 0.6 is 11.6 Å². The van der Waals surface area contributed by atoms with Gasteiger partial charge >= 0.3 is 0 Å². The third-order valence-electron chi connectivity index (χ3n) is 3.88. The fourth-order valence-corrected chi connectivity index (χ4v) is 2.63. The average Bonchev–Trinajstić information content (AvgIpc) is 2.54. The molecule has 0 bridgehead atoms. The van der Waals surface area contributed by atoms with E-state index in [1.165, 1.54) is 5.56 Å². The smallest absolute Gasteiger partial charge is 0.0738 e. The molecule has 0 aliphatic rings. The minimum absolute atomic E-state index is 0.158. The van der Waals surface area contributed by atoms with Gasteiger partial charge in [0, 0.05) is 16.6 Å². The summed E-state index contributed by atoms with van der Waals surface area (Å²) in [5.74, 6) is 0. The van der Waals surface area contributed by atoms with Gasteiger partial charge in [0.15, 0.2) is 0 Å². The molecule has 3 aromatic rings. The molecule has 0 radical (unpaired) electrons. The standard InChI is InChI=1S/C20H20ClN3/c1-20(2,3)15-6-4-14(5-7-15)13-23-24-18-10-11-22-19-12-16(21)8-9-17(18)19/h4-13H,1-3H3,(H,22,24)/b23-13+. The molecule has 2 aromatic carbocycles. The second-order valence-electron chi connectivity index (χ2n) is 6.76. The van der Waals surface area contributed by atoms with Gasteiger partial charge in [0.05, 0.1) is 17.4 Å². The number of aromatic nitrogens is 1. The van der Waals surface area contributed by atoms with Gasteiger partial charge in [-0.1, -0.05) is 56.6 Å². The van der Waals surface area contributed by atoms with Crippen LogP contribution in [0.2, 0.25) is 5.02 Å². The molecule has 0 atom stereocenters. The second-order valence-corrected chi connectivity index (χ2v) is 7.20. The highest BCUT2D eigenvalue weighted by molar-refractivity contribution is 6.31. The van der Waals surface area contributed by atoms with Crippen molar-refractivity contribution < 1.29 is 0 Å². The van der Waals surface area contributed by atoms with E-state index in [0.717, 1.165) is 22.2 Å². The highest BCUT2D eigenvalue weighted by atomic mass is 35.5. The average molecular weight is 338 g/mol. The maximum absolute atomic E-state index is 6.01. The largest absolute Gasteiger partial charge is 0.278 e. The van der Waals surface area contributed by atoms with Gasteiger partial charge in [-0.2, -0.15) is 5.10 Å². The highest BCUT2D eigenvalue weighted by Gasteiger charge is 2.12. The lowest BCUT2D eigenvalue weighted by molar-refractivity contribution is 0.590. The zero-order valence-electron chi connectivity index (χ0n) is 14.0. The van der Waals surface area contributed by atoms with Crippen LogP contribution < -0.4 is 5.43 Å². The first-order valence-corrected chi connectivity index (χ1v) is 8.25. The number of nitrogens with one attached hydrogen (secondary N) is 1. The van der Waals surface area contributed by atoms with Crippen LogP contribution in [0.4, 0.5) is 5.69 Å². The van der Waals surface area contributed by atoms with Crippen LogP contribution in [0.1, 0.15) is 31.9 Å². The number of hydrogen-bond donors (Lipinski definition) is 1. The van der Waals surface area contributed by atoms with Gasteiger partial charge < -0.3 is 0 Å². The van der Waals surface area contributed by atoms with Crippen molar-refractivity contribution in [3.63, 3.8) is 0 Å². The molecule has 0 aliphatic carbocycles. The van der Waals surface area contributed by atoms with E-state index in [1.54, 1.807) is 6.20 Å². The van der Waals surface area contributed by atoms with Gasteiger partial charge in [-0.15, -0.1) is 0 Å². The van der Waals surface area contributed by atoms with E-state index in [2.05, 4.69) is 60.5 Å². The van der Waals surface area contributed by atoms with Crippen molar-refractivity contribution in [3.05, 3.63) is 70.9 Å². The van der Waals surface area contributed by atoms with E-state index in [1.807, 2.05) is 30.5 Å². The normalized spacial score (nSPS) is 12.0. The van der Waals surface area contributed by atoms with Gasteiger partial charge in [-0.25, -0.2) is 0 Å². The van der Waals surface area contributed by atoms with E-state index in [0.29, 0.717) is 5.02 Å². The summed E-state index contributed by atoms with van der Waals surface area (Å²) in [7, 11) is 0. The SMILES string of the molecule is CC(C)(C)c1ccc(/C=N/Nc2ccnc3cc(Cl)ccc23)cc1. The predicted molar refractivity (Wildman–Crippen MR) is 103 cm³/mol. The number of rotatable bonds is 3. The van der Waals surface area contributed by atoms with Crippen LogP contribution in [0.3, 0.4) is 0 Å². The van der Waals surface area contributed by atoms with Gasteiger partial charge in [0.1, 0.15) is 0 Å². The molecule has 0 unspecified atom stereocenters. The third-order valence-corrected chi connectivity index (χ3v) is 4.12. The molecule has 0 aliphatic heterocycles. The molecular weight excluding hydrogens is 318 g/mol. The van der Waals surface area contributed by atoms with Crippen molar-refractivity contribution in [2.45, 2.75) is 26.2 Å². The summed E-state index contributed by atoms with van der Waals surface area (Å²) in [6.07, 6.45) is 3.56. The number of halogens is 1. The lowest BCUT2D eigenvalue weighted by atomic mass is 9.87. The second kappa shape index (κ2) is 6.62.